The van der Waals surface area contributed by atoms with Gasteiger partial charge in [0, 0.05) is 19.6 Å². The number of hydrogen-bond acceptors (Lipinski definition) is 3. The Hall–Kier alpha value is -1.37. The Morgan fingerprint density at radius 3 is 2.56 bits per heavy atom. The van der Waals surface area contributed by atoms with Gasteiger partial charge in [-0.25, -0.2) is 0 Å². The summed E-state index contributed by atoms with van der Waals surface area (Å²) in [6, 6.07) is 10.4. The lowest BCUT2D eigenvalue weighted by molar-refractivity contribution is 0.0341. The Labute approximate surface area is 96.2 Å². The summed E-state index contributed by atoms with van der Waals surface area (Å²) in [6.07, 6.45) is 0.501. The first-order valence-electron chi connectivity index (χ1n) is 5.64. The molecule has 1 fully saturated rings. The monoisotopic (exact) mass is 216 g/mol. The topological polar surface area (TPSA) is 36.3 Å². The molecule has 1 saturated heterocycles. The summed E-state index contributed by atoms with van der Waals surface area (Å²) in [6.45, 7) is 4.55. The molecule has 16 heavy (non-hydrogen) atoms. The summed E-state index contributed by atoms with van der Waals surface area (Å²) < 4.78 is 5.32. The molecule has 1 aromatic rings. The Bertz CT molecular complexity index is 378. The number of ether oxygens (including phenoxy) is 1. The molecule has 0 bridgehead atoms. The molecule has 0 aromatic heterocycles. The highest BCUT2D eigenvalue weighted by atomic mass is 16.5. The van der Waals surface area contributed by atoms with E-state index in [9.17, 15) is 0 Å². The Kier molecular flexibility index (Phi) is 3.92. The first-order chi connectivity index (χ1) is 7.90. The molecule has 0 aliphatic carbocycles. The van der Waals surface area contributed by atoms with Crippen LogP contribution in [0.3, 0.4) is 0 Å². The summed E-state index contributed by atoms with van der Waals surface area (Å²) in [7, 11) is 0. The van der Waals surface area contributed by atoms with Crippen LogP contribution in [0, 0.1) is 11.3 Å². The molecule has 2 rings (SSSR count). The molecule has 1 aliphatic heterocycles. The summed E-state index contributed by atoms with van der Waals surface area (Å²) in [5.41, 5.74) is 2.42. The number of nitriles is 1. The Morgan fingerprint density at radius 1 is 1.19 bits per heavy atom. The molecule has 84 valence electrons. The third-order valence-electron chi connectivity index (χ3n) is 2.89. The van der Waals surface area contributed by atoms with Crippen LogP contribution in [0.4, 0.5) is 0 Å². The van der Waals surface area contributed by atoms with Gasteiger partial charge < -0.3 is 4.74 Å². The van der Waals surface area contributed by atoms with Gasteiger partial charge in [0.2, 0.25) is 0 Å². The minimum atomic E-state index is 0.501. The predicted octanol–water partition coefficient (Wildman–Crippen LogP) is 1.58. The highest BCUT2D eigenvalue weighted by molar-refractivity contribution is 5.29. The van der Waals surface area contributed by atoms with Gasteiger partial charge in [-0.2, -0.15) is 5.26 Å². The Morgan fingerprint density at radius 2 is 1.88 bits per heavy atom. The summed E-state index contributed by atoms with van der Waals surface area (Å²) >= 11 is 0. The minimum Gasteiger partial charge on any atom is -0.379 e. The third-order valence-corrected chi connectivity index (χ3v) is 2.89. The van der Waals surface area contributed by atoms with Crippen molar-refractivity contribution in [2.75, 3.05) is 26.3 Å². The van der Waals surface area contributed by atoms with Gasteiger partial charge in [0.25, 0.3) is 0 Å². The van der Waals surface area contributed by atoms with Gasteiger partial charge >= 0.3 is 0 Å². The van der Waals surface area contributed by atoms with Crippen molar-refractivity contribution in [1.82, 2.24) is 4.90 Å². The van der Waals surface area contributed by atoms with Crippen molar-refractivity contribution >= 4 is 0 Å². The number of benzene rings is 1. The van der Waals surface area contributed by atoms with Crippen molar-refractivity contribution in [1.29, 1.82) is 5.26 Å². The maximum absolute atomic E-state index is 8.77. The van der Waals surface area contributed by atoms with Gasteiger partial charge in [0.05, 0.1) is 25.7 Å². The third kappa shape index (κ3) is 2.82. The van der Waals surface area contributed by atoms with Crippen molar-refractivity contribution in [3.05, 3.63) is 35.4 Å². The van der Waals surface area contributed by atoms with Gasteiger partial charge in [-0.1, -0.05) is 24.3 Å². The van der Waals surface area contributed by atoms with E-state index < -0.39 is 0 Å². The summed E-state index contributed by atoms with van der Waals surface area (Å²) in [5, 5.41) is 8.77. The first-order valence-corrected chi connectivity index (χ1v) is 5.64. The fraction of sp³-hybridized carbons (Fsp3) is 0.462. The standard InChI is InChI=1S/C13H16N2O/c14-6-5-12-3-1-2-4-13(12)11-15-7-9-16-10-8-15/h1-4H,5,7-11H2. The molecular formula is C13H16N2O. The predicted molar refractivity (Wildman–Crippen MR) is 61.9 cm³/mol. The lowest BCUT2D eigenvalue weighted by Crippen LogP contribution is -2.35. The largest absolute Gasteiger partial charge is 0.379 e. The van der Waals surface area contributed by atoms with Crippen molar-refractivity contribution in [2.24, 2.45) is 0 Å². The molecular weight excluding hydrogens is 200 g/mol. The second kappa shape index (κ2) is 5.64. The molecule has 1 aliphatic rings. The zero-order valence-electron chi connectivity index (χ0n) is 9.35. The molecule has 3 heteroatoms. The first kappa shape index (κ1) is 11.1. The van der Waals surface area contributed by atoms with E-state index in [2.05, 4.69) is 17.0 Å². The van der Waals surface area contributed by atoms with Gasteiger partial charge in [0.15, 0.2) is 0 Å². The van der Waals surface area contributed by atoms with Crippen molar-refractivity contribution in [3.8, 4) is 6.07 Å². The van der Waals surface area contributed by atoms with Crippen LogP contribution >= 0.6 is 0 Å². The molecule has 0 unspecified atom stereocenters. The maximum atomic E-state index is 8.77. The second-order valence-electron chi connectivity index (χ2n) is 3.99. The van der Waals surface area contributed by atoms with E-state index >= 15 is 0 Å². The molecule has 3 nitrogen and oxygen atoms in total. The van der Waals surface area contributed by atoms with E-state index in [1.807, 2.05) is 18.2 Å². The van der Waals surface area contributed by atoms with Gasteiger partial charge in [-0.15, -0.1) is 0 Å². The zero-order valence-corrected chi connectivity index (χ0v) is 9.35. The van der Waals surface area contributed by atoms with Gasteiger partial charge in [-0.3, -0.25) is 4.90 Å². The average Bonchev–Trinajstić information content (AvgIpc) is 2.33. The Balaban J connectivity index is 2.05. The van der Waals surface area contributed by atoms with Gasteiger partial charge in [0.1, 0.15) is 0 Å². The molecule has 0 spiro atoms. The highest BCUT2D eigenvalue weighted by Crippen LogP contribution is 2.13. The van der Waals surface area contributed by atoms with Crippen LogP contribution < -0.4 is 0 Å². The average molecular weight is 216 g/mol. The van der Waals surface area contributed by atoms with E-state index in [4.69, 9.17) is 10.00 Å². The SMILES string of the molecule is N#CCc1ccccc1CN1CCOCC1. The fourth-order valence-corrected chi connectivity index (χ4v) is 1.97. The molecule has 0 saturated carbocycles. The lowest BCUT2D eigenvalue weighted by Gasteiger charge is -2.27. The van der Waals surface area contributed by atoms with Crippen LogP contribution in [-0.2, 0) is 17.7 Å². The molecule has 0 amide bonds. The van der Waals surface area contributed by atoms with Crippen LogP contribution in [0.15, 0.2) is 24.3 Å². The van der Waals surface area contributed by atoms with Crippen LogP contribution in [0.2, 0.25) is 0 Å². The van der Waals surface area contributed by atoms with E-state index in [0.717, 1.165) is 38.4 Å². The highest BCUT2D eigenvalue weighted by Gasteiger charge is 2.12. The molecule has 0 atom stereocenters. The normalized spacial score (nSPS) is 16.9. The van der Waals surface area contributed by atoms with Crippen LogP contribution in [0.5, 0.6) is 0 Å². The molecule has 0 N–H and O–H groups in total. The lowest BCUT2D eigenvalue weighted by atomic mass is 10.0. The minimum absolute atomic E-state index is 0.501. The van der Waals surface area contributed by atoms with Crippen LogP contribution in [0.1, 0.15) is 11.1 Å². The maximum Gasteiger partial charge on any atom is 0.0669 e. The van der Waals surface area contributed by atoms with E-state index in [0.29, 0.717) is 6.42 Å². The quantitative estimate of drug-likeness (QED) is 0.769. The number of morpholine rings is 1. The zero-order chi connectivity index (χ0) is 11.2. The van der Waals surface area contributed by atoms with Gasteiger partial charge in [-0.05, 0) is 11.1 Å². The summed E-state index contributed by atoms with van der Waals surface area (Å²) in [5.74, 6) is 0. The van der Waals surface area contributed by atoms with E-state index in [1.54, 1.807) is 0 Å². The number of hydrogen-bond donors (Lipinski definition) is 0. The fourth-order valence-electron chi connectivity index (χ4n) is 1.97. The molecule has 1 heterocycles. The summed E-state index contributed by atoms with van der Waals surface area (Å²) in [4.78, 5) is 2.37. The van der Waals surface area contributed by atoms with Crippen LogP contribution in [0.25, 0.3) is 0 Å². The van der Waals surface area contributed by atoms with E-state index in [-0.39, 0.29) is 0 Å². The van der Waals surface area contributed by atoms with Crippen molar-refractivity contribution < 1.29 is 4.74 Å². The molecule has 1 aromatic carbocycles. The van der Waals surface area contributed by atoms with Crippen LogP contribution in [-0.4, -0.2) is 31.2 Å². The smallest absolute Gasteiger partial charge is 0.0669 e. The second-order valence-corrected chi connectivity index (χ2v) is 3.99. The number of rotatable bonds is 3. The van der Waals surface area contributed by atoms with Crippen molar-refractivity contribution in [3.63, 3.8) is 0 Å². The van der Waals surface area contributed by atoms with Crippen molar-refractivity contribution in [2.45, 2.75) is 13.0 Å². The van der Waals surface area contributed by atoms with E-state index in [1.165, 1.54) is 5.56 Å². The molecule has 0 radical (unpaired) electrons. The number of nitrogens with zero attached hydrogens (tertiary/aromatic N) is 2.